The Morgan fingerprint density at radius 3 is 2.48 bits per heavy atom. The molecule has 1 aliphatic rings. The van der Waals surface area contributed by atoms with Crippen molar-refractivity contribution in [2.75, 3.05) is 13.2 Å². The first-order chi connectivity index (χ1) is 11.3. The summed E-state index contributed by atoms with van der Waals surface area (Å²) in [5, 5.41) is 0. The topological polar surface area (TPSA) is 44.8 Å². The van der Waals surface area contributed by atoms with Crippen molar-refractivity contribution >= 4 is 5.78 Å². The van der Waals surface area contributed by atoms with E-state index in [1.165, 1.54) is 0 Å². The maximum atomic E-state index is 12.4. The molecule has 3 rings (SSSR count). The Morgan fingerprint density at radius 1 is 1.00 bits per heavy atom. The summed E-state index contributed by atoms with van der Waals surface area (Å²) in [4.78, 5) is 12.4. The van der Waals surface area contributed by atoms with Crippen molar-refractivity contribution in [3.05, 3.63) is 65.7 Å². The molecule has 0 amide bonds. The van der Waals surface area contributed by atoms with Gasteiger partial charge in [-0.2, -0.15) is 0 Å². The van der Waals surface area contributed by atoms with Gasteiger partial charge in [0.2, 0.25) is 0 Å². The molecule has 0 bridgehead atoms. The van der Waals surface area contributed by atoms with Crippen molar-refractivity contribution in [2.45, 2.75) is 25.7 Å². The Morgan fingerprint density at radius 2 is 1.70 bits per heavy atom. The van der Waals surface area contributed by atoms with Crippen molar-refractivity contribution in [3.8, 4) is 5.75 Å². The van der Waals surface area contributed by atoms with E-state index in [4.69, 9.17) is 14.2 Å². The molecule has 4 nitrogen and oxygen atoms in total. The minimum atomic E-state index is -0.253. The minimum absolute atomic E-state index is 0.0489. The zero-order valence-electron chi connectivity index (χ0n) is 12.9. The van der Waals surface area contributed by atoms with E-state index in [1.807, 2.05) is 48.5 Å². The van der Waals surface area contributed by atoms with Crippen LogP contribution in [0.2, 0.25) is 0 Å². The number of hydrogen-bond donors (Lipinski definition) is 0. The van der Waals surface area contributed by atoms with Crippen LogP contribution in [0.5, 0.6) is 5.75 Å². The molecule has 0 atom stereocenters. The van der Waals surface area contributed by atoms with Crippen molar-refractivity contribution in [1.29, 1.82) is 0 Å². The monoisotopic (exact) mass is 312 g/mol. The molecule has 0 N–H and O–H groups in total. The molecule has 23 heavy (non-hydrogen) atoms. The van der Waals surface area contributed by atoms with E-state index in [9.17, 15) is 4.79 Å². The van der Waals surface area contributed by atoms with Crippen LogP contribution < -0.4 is 4.74 Å². The van der Waals surface area contributed by atoms with Crippen LogP contribution >= 0.6 is 0 Å². The second kappa shape index (κ2) is 7.90. The molecule has 2 aromatic rings. The molecular formula is C19H20O4. The Balaban J connectivity index is 1.61. The lowest BCUT2D eigenvalue weighted by atomic mass is 10.1. The number of rotatable bonds is 7. The van der Waals surface area contributed by atoms with Gasteiger partial charge in [-0.15, -0.1) is 0 Å². The fourth-order valence-corrected chi connectivity index (χ4v) is 2.52. The summed E-state index contributed by atoms with van der Waals surface area (Å²) in [5.41, 5.74) is 1.68. The maximum Gasteiger partial charge on any atom is 0.166 e. The van der Waals surface area contributed by atoms with Crippen LogP contribution in [-0.2, 0) is 16.1 Å². The van der Waals surface area contributed by atoms with Gasteiger partial charge in [0.05, 0.1) is 18.8 Å². The van der Waals surface area contributed by atoms with Crippen LogP contribution in [0.15, 0.2) is 54.6 Å². The molecule has 0 spiro atoms. The van der Waals surface area contributed by atoms with Gasteiger partial charge in [-0.3, -0.25) is 4.79 Å². The van der Waals surface area contributed by atoms with Gasteiger partial charge in [-0.1, -0.05) is 42.5 Å². The highest BCUT2D eigenvalue weighted by Crippen LogP contribution is 2.22. The number of carbonyl (C=O) groups excluding carboxylic acids is 1. The fraction of sp³-hybridized carbons (Fsp3) is 0.316. The third kappa shape index (κ3) is 4.41. The van der Waals surface area contributed by atoms with E-state index >= 15 is 0 Å². The summed E-state index contributed by atoms with van der Waals surface area (Å²) >= 11 is 0. The molecule has 1 heterocycles. The fourth-order valence-electron chi connectivity index (χ4n) is 2.52. The number of hydrogen-bond acceptors (Lipinski definition) is 4. The number of ether oxygens (including phenoxy) is 3. The van der Waals surface area contributed by atoms with E-state index < -0.39 is 0 Å². The highest BCUT2D eigenvalue weighted by Gasteiger charge is 2.19. The Kier molecular flexibility index (Phi) is 5.40. The van der Waals surface area contributed by atoms with Crippen molar-refractivity contribution in [2.24, 2.45) is 0 Å². The number of para-hydroxylation sites is 1. The zero-order valence-corrected chi connectivity index (χ0v) is 12.9. The first-order valence-electron chi connectivity index (χ1n) is 7.85. The van der Waals surface area contributed by atoms with Gasteiger partial charge in [-0.05, 0) is 17.7 Å². The molecule has 4 heteroatoms. The van der Waals surface area contributed by atoms with Crippen LogP contribution in [0.3, 0.4) is 0 Å². The molecule has 0 saturated carbocycles. The van der Waals surface area contributed by atoms with Crippen molar-refractivity contribution in [1.82, 2.24) is 0 Å². The molecule has 120 valence electrons. The predicted molar refractivity (Wildman–Crippen MR) is 86.5 cm³/mol. The molecule has 0 radical (unpaired) electrons. The van der Waals surface area contributed by atoms with Crippen LogP contribution in [-0.4, -0.2) is 25.3 Å². The summed E-state index contributed by atoms with van der Waals surface area (Å²) in [6.45, 7) is 1.66. The summed E-state index contributed by atoms with van der Waals surface area (Å²) in [6, 6.07) is 17.3. The third-order valence-electron chi connectivity index (χ3n) is 3.72. The first kappa shape index (κ1) is 15.7. The summed E-state index contributed by atoms with van der Waals surface area (Å²) in [7, 11) is 0. The normalized spacial score (nSPS) is 14.8. The van der Waals surface area contributed by atoms with Crippen molar-refractivity contribution < 1.29 is 19.0 Å². The highest BCUT2D eigenvalue weighted by atomic mass is 16.7. The lowest BCUT2D eigenvalue weighted by Crippen LogP contribution is -2.11. The van der Waals surface area contributed by atoms with E-state index in [0.717, 1.165) is 5.56 Å². The average Bonchev–Trinajstić information content (AvgIpc) is 3.12. The van der Waals surface area contributed by atoms with E-state index in [-0.39, 0.29) is 12.1 Å². The van der Waals surface area contributed by atoms with Gasteiger partial charge < -0.3 is 14.2 Å². The van der Waals surface area contributed by atoms with Gasteiger partial charge >= 0.3 is 0 Å². The molecule has 1 saturated heterocycles. The summed E-state index contributed by atoms with van der Waals surface area (Å²) in [6.07, 6.45) is 0.707. The largest absolute Gasteiger partial charge is 0.488 e. The Labute approximate surface area is 136 Å². The van der Waals surface area contributed by atoms with Gasteiger partial charge in [-0.25, -0.2) is 0 Å². The van der Waals surface area contributed by atoms with E-state index in [1.54, 1.807) is 6.07 Å². The van der Waals surface area contributed by atoms with Crippen LogP contribution in [0.25, 0.3) is 0 Å². The Hall–Kier alpha value is -2.17. The molecular weight excluding hydrogens is 292 g/mol. The first-order valence-corrected chi connectivity index (χ1v) is 7.85. The number of Topliss-reactive ketones (excluding diaryl/α,β-unsaturated/α-hetero) is 1. The van der Waals surface area contributed by atoms with Gasteiger partial charge in [0.1, 0.15) is 12.4 Å². The second-order valence-corrected chi connectivity index (χ2v) is 5.40. The van der Waals surface area contributed by atoms with Crippen LogP contribution in [0.1, 0.15) is 28.8 Å². The van der Waals surface area contributed by atoms with Gasteiger partial charge in [0.15, 0.2) is 12.1 Å². The standard InChI is InChI=1S/C19H20O4/c20-17(10-11-19-21-12-13-22-19)16-8-4-5-9-18(16)23-14-15-6-2-1-3-7-15/h1-9,19H,10-14H2. The lowest BCUT2D eigenvalue weighted by Gasteiger charge is -2.12. The Bertz CT molecular complexity index is 633. The SMILES string of the molecule is O=C(CCC1OCCO1)c1ccccc1OCc1ccccc1. The summed E-state index contributed by atoms with van der Waals surface area (Å²) < 4.78 is 16.6. The average molecular weight is 312 g/mol. The molecule has 0 unspecified atom stereocenters. The van der Waals surface area contributed by atoms with Crippen LogP contribution in [0.4, 0.5) is 0 Å². The third-order valence-corrected chi connectivity index (χ3v) is 3.72. The van der Waals surface area contributed by atoms with E-state index in [0.29, 0.717) is 44.0 Å². The molecule has 1 fully saturated rings. The smallest absolute Gasteiger partial charge is 0.166 e. The summed E-state index contributed by atoms with van der Waals surface area (Å²) in [5.74, 6) is 0.669. The molecule has 2 aromatic carbocycles. The zero-order chi connectivity index (χ0) is 15.9. The highest BCUT2D eigenvalue weighted by molar-refractivity contribution is 5.98. The van der Waals surface area contributed by atoms with Gasteiger partial charge in [0, 0.05) is 12.8 Å². The quantitative estimate of drug-likeness (QED) is 0.733. The number of benzene rings is 2. The second-order valence-electron chi connectivity index (χ2n) is 5.40. The van der Waals surface area contributed by atoms with E-state index in [2.05, 4.69) is 0 Å². The molecule has 0 aromatic heterocycles. The maximum absolute atomic E-state index is 12.4. The van der Waals surface area contributed by atoms with Crippen LogP contribution in [0, 0.1) is 0 Å². The number of ketones is 1. The minimum Gasteiger partial charge on any atom is -0.488 e. The molecule has 0 aliphatic carbocycles. The predicted octanol–water partition coefficient (Wildman–Crippen LogP) is 3.60. The lowest BCUT2D eigenvalue weighted by molar-refractivity contribution is -0.0464. The van der Waals surface area contributed by atoms with Crippen molar-refractivity contribution in [3.63, 3.8) is 0 Å². The van der Waals surface area contributed by atoms with Gasteiger partial charge in [0.25, 0.3) is 0 Å². The number of carbonyl (C=O) groups is 1. The molecule has 1 aliphatic heterocycles.